The van der Waals surface area contributed by atoms with Crippen LogP contribution in [-0.4, -0.2) is 22.4 Å². The van der Waals surface area contributed by atoms with E-state index in [9.17, 15) is 10.2 Å². The fraction of sp³-hybridized carbons (Fsp3) is 0.742. The summed E-state index contributed by atoms with van der Waals surface area (Å²) < 4.78 is 0. The molecule has 4 aliphatic rings. The maximum atomic E-state index is 10.2. The molecule has 0 heterocycles. The highest BCUT2D eigenvalue weighted by Gasteiger charge is 2.50. The first-order valence-corrected chi connectivity index (χ1v) is 13.8. The van der Waals surface area contributed by atoms with Gasteiger partial charge < -0.3 is 10.2 Å². The van der Waals surface area contributed by atoms with Crippen molar-refractivity contribution in [3.8, 4) is 0 Å². The van der Waals surface area contributed by atoms with Crippen molar-refractivity contribution in [1.29, 1.82) is 0 Å². The topological polar surface area (TPSA) is 40.5 Å². The van der Waals surface area contributed by atoms with Gasteiger partial charge in [-0.2, -0.15) is 0 Å². The average Bonchev–Trinajstić information content (AvgIpc) is 3.53. The molecule has 4 saturated carbocycles. The van der Waals surface area contributed by atoms with Crippen LogP contribution in [0.15, 0.2) is 47.6 Å². The van der Waals surface area contributed by atoms with Crippen molar-refractivity contribution >= 4 is 0 Å². The monoisotopic (exact) mass is 452 g/mol. The molecule has 0 amide bonds. The predicted octanol–water partition coefficient (Wildman–Crippen LogP) is 7.39. The van der Waals surface area contributed by atoms with Gasteiger partial charge in [0.15, 0.2) is 0 Å². The highest BCUT2D eigenvalue weighted by molar-refractivity contribution is 5.38. The Bertz CT molecular complexity index is 798. The zero-order valence-corrected chi connectivity index (χ0v) is 21.6. The molecule has 33 heavy (non-hydrogen) atoms. The third-order valence-corrected chi connectivity index (χ3v) is 9.57. The smallest absolute Gasteiger partial charge is 0.0811 e. The highest BCUT2D eigenvalue weighted by atomic mass is 16.3. The van der Waals surface area contributed by atoms with Crippen molar-refractivity contribution in [3.05, 3.63) is 47.6 Å². The number of fused-ring (bicyclic) bond motifs is 1. The second-order valence-electron chi connectivity index (χ2n) is 12.5. The molecule has 0 radical (unpaired) electrons. The molecule has 2 heteroatoms. The Balaban J connectivity index is 1.47. The molecule has 0 bridgehead atoms. The summed E-state index contributed by atoms with van der Waals surface area (Å²) in [6, 6.07) is 0. The molecule has 4 rings (SSSR count). The molecule has 4 fully saturated rings. The number of allylic oxidation sites excluding steroid dienone is 5. The van der Waals surface area contributed by atoms with E-state index in [0.717, 1.165) is 34.8 Å². The van der Waals surface area contributed by atoms with E-state index in [0.29, 0.717) is 30.1 Å². The summed E-state index contributed by atoms with van der Waals surface area (Å²) in [6.07, 6.45) is 20.3. The van der Waals surface area contributed by atoms with E-state index < -0.39 is 12.2 Å². The molecule has 0 aromatic rings. The standard InChI is InChI=1S/C31H48O2/c1-20(2)17-26(23-10-11-23)9-8-21(3)28-14-15-29-24(7-6-16-31(28,29)5)12-13-25-18-27(32)19-30(33)22(25)4/h8-9,12-13,20-21,23,26-30,32-33H,4,6-7,10-11,14-19H2,1-3,5H3/b9-8+,24-12?,25-13-/t21-,26+,27-,28-,29+,30+,31-/m1/s1. The van der Waals surface area contributed by atoms with Gasteiger partial charge in [-0.15, -0.1) is 0 Å². The Kier molecular flexibility index (Phi) is 7.76. The lowest BCUT2D eigenvalue weighted by atomic mass is 9.61. The Morgan fingerprint density at radius 1 is 1.06 bits per heavy atom. The molecule has 0 unspecified atom stereocenters. The summed E-state index contributed by atoms with van der Waals surface area (Å²) in [5.41, 5.74) is 3.81. The van der Waals surface area contributed by atoms with E-state index in [1.165, 1.54) is 51.4 Å². The number of aliphatic hydroxyl groups is 2. The summed E-state index contributed by atoms with van der Waals surface area (Å²) in [5.74, 6) is 4.61. The van der Waals surface area contributed by atoms with Gasteiger partial charge in [0.25, 0.3) is 0 Å². The second-order valence-corrected chi connectivity index (χ2v) is 12.5. The molecular weight excluding hydrogens is 404 g/mol. The van der Waals surface area contributed by atoms with Gasteiger partial charge in [0.05, 0.1) is 12.2 Å². The summed E-state index contributed by atoms with van der Waals surface area (Å²) in [4.78, 5) is 0. The van der Waals surface area contributed by atoms with Gasteiger partial charge in [-0.3, -0.25) is 0 Å². The minimum atomic E-state index is -0.603. The normalized spacial score (nSPS) is 39.5. The van der Waals surface area contributed by atoms with Crippen LogP contribution in [0, 0.1) is 40.9 Å². The maximum absolute atomic E-state index is 10.2. The molecule has 7 atom stereocenters. The van der Waals surface area contributed by atoms with Crippen molar-refractivity contribution in [1.82, 2.24) is 0 Å². The van der Waals surface area contributed by atoms with Crippen molar-refractivity contribution < 1.29 is 10.2 Å². The van der Waals surface area contributed by atoms with Crippen LogP contribution in [0.2, 0.25) is 0 Å². The van der Waals surface area contributed by atoms with E-state index in [2.05, 4.69) is 58.6 Å². The zero-order chi connectivity index (χ0) is 23.8. The third kappa shape index (κ3) is 5.59. The fourth-order valence-corrected chi connectivity index (χ4v) is 7.56. The number of hydrogen-bond acceptors (Lipinski definition) is 2. The number of aliphatic hydroxyl groups excluding tert-OH is 2. The largest absolute Gasteiger partial charge is 0.393 e. The van der Waals surface area contributed by atoms with Gasteiger partial charge in [0, 0.05) is 6.42 Å². The Morgan fingerprint density at radius 2 is 1.82 bits per heavy atom. The van der Waals surface area contributed by atoms with Crippen LogP contribution in [-0.2, 0) is 0 Å². The molecule has 0 aromatic heterocycles. The van der Waals surface area contributed by atoms with Crippen LogP contribution in [0.1, 0.15) is 91.9 Å². The Hall–Kier alpha value is -1.12. The zero-order valence-electron chi connectivity index (χ0n) is 21.6. The minimum Gasteiger partial charge on any atom is -0.393 e. The average molecular weight is 453 g/mol. The molecule has 184 valence electrons. The summed E-state index contributed by atoms with van der Waals surface area (Å²) in [6.45, 7) is 13.9. The van der Waals surface area contributed by atoms with Crippen LogP contribution < -0.4 is 0 Å². The van der Waals surface area contributed by atoms with Gasteiger partial charge in [-0.1, -0.05) is 64.2 Å². The van der Waals surface area contributed by atoms with E-state index in [1.807, 2.05) is 0 Å². The van der Waals surface area contributed by atoms with E-state index >= 15 is 0 Å². The van der Waals surface area contributed by atoms with Gasteiger partial charge in [0.2, 0.25) is 0 Å². The van der Waals surface area contributed by atoms with E-state index in [4.69, 9.17) is 0 Å². The van der Waals surface area contributed by atoms with E-state index in [1.54, 1.807) is 5.57 Å². The van der Waals surface area contributed by atoms with Gasteiger partial charge in [-0.25, -0.2) is 0 Å². The molecule has 0 aliphatic heterocycles. The maximum Gasteiger partial charge on any atom is 0.0811 e. The van der Waals surface area contributed by atoms with Gasteiger partial charge >= 0.3 is 0 Å². The lowest BCUT2D eigenvalue weighted by molar-refractivity contribution is 0.0862. The first kappa shape index (κ1) is 25.0. The summed E-state index contributed by atoms with van der Waals surface area (Å²) in [5, 5.41) is 20.3. The van der Waals surface area contributed by atoms with Crippen LogP contribution >= 0.6 is 0 Å². The van der Waals surface area contributed by atoms with E-state index in [-0.39, 0.29) is 0 Å². The van der Waals surface area contributed by atoms with Crippen molar-refractivity contribution in [2.45, 2.75) is 104 Å². The first-order chi connectivity index (χ1) is 15.7. The lowest BCUT2D eigenvalue weighted by Gasteiger charge is -2.44. The third-order valence-electron chi connectivity index (χ3n) is 9.57. The highest BCUT2D eigenvalue weighted by Crippen LogP contribution is 2.59. The molecule has 0 saturated heterocycles. The predicted molar refractivity (Wildman–Crippen MR) is 139 cm³/mol. The minimum absolute atomic E-state index is 0.391. The van der Waals surface area contributed by atoms with Crippen LogP contribution in [0.5, 0.6) is 0 Å². The molecule has 2 N–H and O–H groups in total. The van der Waals surface area contributed by atoms with Crippen molar-refractivity contribution in [2.75, 3.05) is 0 Å². The molecule has 0 aromatic carbocycles. The van der Waals surface area contributed by atoms with Gasteiger partial charge in [0.1, 0.15) is 0 Å². The second kappa shape index (κ2) is 10.2. The van der Waals surface area contributed by atoms with Crippen LogP contribution in [0.4, 0.5) is 0 Å². The summed E-state index contributed by atoms with van der Waals surface area (Å²) >= 11 is 0. The number of hydrogen-bond donors (Lipinski definition) is 2. The quantitative estimate of drug-likeness (QED) is 0.395. The summed E-state index contributed by atoms with van der Waals surface area (Å²) in [7, 11) is 0. The van der Waals surface area contributed by atoms with Crippen molar-refractivity contribution in [3.63, 3.8) is 0 Å². The number of rotatable bonds is 7. The van der Waals surface area contributed by atoms with Crippen LogP contribution in [0.3, 0.4) is 0 Å². The molecule has 0 spiro atoms. The first-order valence-electron chi connectivity index (χ1n) is 13.8. The molecular formula is C31H48O2. The molecule has 4 aliphatic carbocycles. The van der Waals surface area contributed by atoms with Gasteiger partial charge in [-0.05, 0) is 110 Å². The Morgan fingerprint density at radius 3 is 2.52 bits per heavy atom. The fourth-order valence-electron chi connectivity index (χ4n) is 7.56. The molecule has 2 nitrogen and oxygen atoms in total. The lowest BCUT2D eigenvalue weighted by Crippen LogP contribution is -2.35. The van der Waals surface area contributed by atoms with Crippen molar-refractivity contribution in [2.24, 2.45) is 40.9 Å². The van der Waals surface area contributed by atoms with Crippen LogP contribution in [0.25, 0.3) is 0 Å². The SMILES string of the molecule is C=C1/C(=C\C=C2CCC[C@]3(C)[C@@H]([C@H](C)/C=C/[C@@H](CC(C)C)C4CC4)CC[C@@H]23)C[C@@H](O)C[C@@H]1O. The Labute approximate surface area is 202 Å².